The van der Waals surface area contributed by atoms with Crippen molar-refractivity contribution in [1.29, 1.82) is 0 Å². The normalized spacial score (nSPS) is 18.8. The summed E-state index contributed by atoms with van der Waals surface area (Å²) in [7, 11) is 0. The second-order valence-electron chi connectivity index (χ2n) is 6.74. The molecule has 1 aliphatic heterocycles. The number of carbonyl (C=O) groups excluding carboxylic acids is 3. The van der Waals surface area contributed by atoms with Crippen LogP contribution in [0.5, 0.6) is 0 Å². The van der Waals surface area contributed by atoms with Crippen LogP contribution >= 0.6 is 11.3 Å². The fraction of sp³-hybridized carbons (Fsp3) is 0.200. The zero-order chi connectivity index (χ0) is 19.7. The maximum Gasteiger partial charge on any atom is 0.322 e. The highest BCUT2D eigenvalue weighted by Gasteiger charge is 2.43. The molecule has 0 bridgehead atoms. The van der Waals surface area contributed by atoms with Crippen molar-refractivity contribution in [3.63, 3.8) is 0 Å². The molecule has 3 N–H and O–H groups in total. The van der Waals surface area contributed by atoms with Crippen LogP contribution in [0, 0.1) is 0 Å². The second kappa shape index (κ2) is 7.05. The molecule has 2 aromatic carbocycles. The highest BCUT2D eigenvalue weighted by molar-refractivity contribution is 7.18. The Balaban J connectivity index is 1.42. The Morgan fingerprint density at radius 2 is 2.00 bits per heavy atom. The number of nitrogens with zero attached hydrogens (tertiary/aromatic N) is 1. The Kier molecular flexibility index (Phi) is 4.56. The molecule has 0 aliphatic carbocycles. The minimum absolute atomic E-state index is 0.138. The number of amides is 4. The van der Waals surface area contributed by atoms with Crippen LogP contribution in [0.2, 0.25) is 0 Å². The quantitative estimate of drug-likeness (QED) is 0.579. The lowest BCUT2D eigenvalue weighted by atomic mass is 9.92. The topological polar surface area (TPSA) is 100 Å². The van der Waals surface area contributed by atoms with Crippen molar-refractivity contribution < 1.29 is 14.4 Å². The molecule has 142 valence electrons. The zero-order valence-electron chi connectivity index (χ0n) is 15.1. The number of hydrogen-bond donors (Lipinski definition) is 3. The van der Waals surface area contributed by atoms with Crippen LogP contribution in [0.15, 0.2) is 48.5 Å². The second-order valence-corrected chi connectivity index (χ2v) is 7.85. The van der Waals surface area contributed by atoms with Crippen LogP contribution in [0.4, 0.5) is 10.5 Å². The van der Waals surface area contributed by atoms with E-state index in [0.29, 0.717) is 24.1 Å². The summed E-state index contributed by atoms with van der Waals surface area (Å²) >= 11 is 1.59. The maximum absolute atomic E-state index is 12.3. The van der Waals surface area contributed by atoms with Gasteiger partial charge in [0.2, 0.25) is 5.91 Å². The van der Waals surface area contributed by atoms with Gasteiger partial charge in [0, 0.05) is 18.5 Å². The lowest BCUT2D eigenvalue weighted by Gasteiger charge is -2.21. The molecule has 1 saturated heterocycles. The summed E-state index contributed by atoms with van der Waals surface area (Å²) in [4.78, 5) is 40.4. The van der Waals surface area contributed by atoms with E-state index >= 15 is 0 Å². The number of aryl methyl sites for hydroxylation is 1. The van der Waals surface area contributed by atoms with Crippen molar-refractivity contribution in [3.05, 3.63) is 59.1 Å². The molecule has 7 nitrogen and oxygen atoms in total. The van der Waals surface area contributed by atoms with Gasteiger partial charge >= 0.3 is 6.03 Å². The van der Waals surface area contributed by atoms with Crippen LogP contribution in [-0.4, -0.2) is 22.8 Å². The number of benzene rings is 2. The third-order valence-corrected chi connectivity index (χ3v) is 5.77. The molecule has 4 rings (SSSR count). The van der Waals surface area contributed by atoms with E-state index in [1.807, 2.05) is 24.3 Å². The summed E-state index contributed by atoms with van der Waals surface area (Å²) in [6, 6.07) is 14.3. The summed E-state index contributed by atoms with van der Waals surface area (Å²) in [5, 5.41) is 8.62. The first-order valence-electron chi connectivity index (χ1n) is 8.82. The van der Waals surface area contributed by atoms with Crippen molar-refractivity contribution in [2.45, 2.75) is 25.3 Å². The van der Waals surface area contributed by atoms with Crippen molar-refractivity contribution in [3.8, 4) is 0 Å². The van der Waals surface area contributed by atoms with E-state index in [4.69, 9.17) is 0 Å². The molecule has 1 unspecified atom stereocenters. The Bertz CT molecular complexity index is 1060. The molecule has 8 heteroatoms. The van der Waals surface area contributed by atoms with E-state index in [1.165, 1.54) is 0 Å². The highest BCUT2D eigenvalue weighted by atomic mass is 32.1. The molecule has 1 aromatic heterocycles. The molecule has 1 atom stereocenters. The van der Waals surface area contributed by atoms with Crippen LogP contribution in [0.1, 0.15) is 23.9 Å². The minimum atomic E-state index is -1.15. The van der Waals surface area contributed by atoms with Crippen molar-refractivity contribution in [2.24, 2.45) is 0 Å². The summed E-state index contributed by atoms with van der Waals surface area (Å²) < 4.78 is 1.11. The van der Waals surface area contributed by atoms with E-state index in [-0.39, 0.29) is 5.91 Å². The molecular formula is C20H18N4O3S. The number of para-hydroxylation sites is 1. The molecule has 1 aliphatic rings. The van der Waals surface area contributed by atoms with Crippen molar-refractivity contribution in [1.82, 2.24) is 15.6 Å². The number of imide groups is 1. The first-order chi connectivity index (χ1) is 13.4. The molecular weight excluding hydrogens is 376 g/mol. The third-order valence-electron chi connectivity index (χ3n) is 4.67. The average Bonchev–Trinajstić information content (AvgIpc) is 3.20. The minimum Gasteiger partial charge on any atom is -0.326 e. The molecule has 2 heterocycles. The number of anilines is 1. The summed E-state index contributed by atoms with van der Waals surface area (Å²) in [5.41, 5.74) is 0.960. The van der Waals surface area contributed by atoms with E-state index < -0.39 is 17.5 Å². The first kappa shape index (κ1) is 18.1. The molecule has 3 aromatic rings. The van der Waals surface area contributed by atoms with Gasteiger partial charge in [0.25, 0.3) is 5.91 Å². The highest BCUT2D eigenvalue weighted by Crippen LogP contribution is 2.27. The van der Waals surface area contributed by atoms with Gasteiger partial charge in [-0.3, -0.25) is 14.9 Å². The molecule has 1 fully saturated rings. The molecule has 0 saturated carbocycles. The molecule has 4 amide bonds. The Morgan fingerprint density at radius 1 is 1.18 bits per heavy atom. The van der Waals surface area contributed by atoms with Crippen molar-refractivity contribution in [2.75, 3.05) is 5.32 Å². The number of carbonyl (C=O) groups is 3. The number of rotatable bonds is 5. The Labute approximate surface area is 165 Å². The van der Waals surface area contributed by atoms with Gasteiger partial charge in [-0.2, -0.15) is 0 Å². The Morgan fingerprint density at radius 3 is 2.75 bits per heavy atom. The van der Waals surface area contributed by atoms with Gasteiger partial charge < -0.3 is 10.6 Å². The number of hydrogen-bond acceptors (Lipinski definition) is 5. The number of fused-ring (bicyclic) bond motifs is 1. The smallest absolute Gasteiger partial charge is 0.322 e. The number of thiazole rings is 1. The van der Waals surface area contributed by atoms with Gasteiger partial charge in [0.1, 0.15) is 5.54 Å². The van der Waals surface area contributed by atoms with Gasteiger partial charge in [-0.1, -0.05) is 24.3 Å². The van der Waals surface area contributed by atoms with Gasteiger partial charge in [-0.25, -0.2) is 9.78 Å². The summed E-state index contributed by atoms with van der Waals surface area (Å²) in [5.74, 6) is -0.557. The predicted molar refractivity (Wildman–Crippen MR) is 107 cm³/mol. The average molecular weight is 394 g/mol. The fourth-order valence-corrected chi connectivity index (χ4v) is 4.09. The van der Waals surface area contributed by atoms with Gasteiger partial charge in [0.05, 0.1) is 15.2 Å². The van der Waals surface area contributed by atoms with Crippen LogP contribution < -0.4 is 16.0 Å². The zero-order valence-corrected chi connectivity index (χ0v) is 15.9. The number of nitrogens with one attached hydrogen (secondary N) is 3. The summed E-state index contributed by atoms with van der Waals surface area (Å²) in [6.45, 7) is 1.63. The number of aromatic nitrogens is 1. The molecule has 28 heavy (non-hydrogen) atoms. The standard InChI is InChI=1S/C20H18N4O3S/c1-20(18(26)23-19(27)24-20)12-5-4-6-13(11-12)21-16(25)9-10-17-22-14-7-2-3-8-15(14)28-17/h2-8,11H,9-10H2,1H3,(H,21,25)(H2,23,24,26,27). The van der Waals surface area contributed by atoms with E-state index in [1.54, 1.807) is 42.5 Å². The predicted octanol–water partition coefficient (Wildman–Crippen LogP) is 2.92. The number of urea groups is 1. The van der Waals surface area contributed by atoms with Crippen molar-refractivity contribution >= 4 is 45.1 Å². The monoisotopic (exact) mass is 394 g/mol. The van der Waals surface area contributed by atoms with E-state index in [9.17, 15) is 14.4 Å². The van der Waals surface area contributed by atoms with Gasteiger partial charge in [-0.05, 0) is 36.8 Å². The lowest BCUT2D eigenvalue weighted by Crippen LogP contribution is -2.40. The molecule has 0 radical (unpaired) electrons. The lowest BCUT2D eigenvalue weighted by molar-refractivity contribution is -0.123. The van der Waals surface area contributed by atoms with Crippen LogP contribution in [0.25, 0.3) is 10.2 Å². The van der Waals surface area contributed by atoms with Crippen LogP contribution in [-0.2, 0) is 21.5 Å². The van der Waals surface area contributed by atoms with Gasteiger partial charge in [-0.15, -0.1) is 11.3 Å². The van der Waals surface area contributed by atoms with Gasteiger partial charge in [0.15, 0.2) is 0 Å². The van der Waals surface area contributed by atoms with E-state index in [0.717, 1.165) is 15.2 Å². The van der Waals surface area contributed by atoms with E-state index in [2.05, 4.69) is 20.9 Å². The maximum atomic E-state index is 12.3. The summed E-state index contributed by atoms with van der Waals surface area (Å²) in [6.07, 6.45) is 0.861. The first-order valence-corrected chi connectivity index (χ1v) is 9.64. The molecule has 0 spiro atoms. The Hall–Kier alpha value is -3.26. The SMILES string of the molecule is CC1(c2cccc(NC(=O)CCc3nc4ccccc4s3)c2)NC(=O)NC1=O. The largest absolute Gasteiger partial charge is 0.326 e. The van der Waals surface area contributed by atoms with Crippen LogP contribution in [0.3, 0.4) is 0 Å². The fourth-order valence-electron chi connectivity index (χ4n) is 3.13. The third kappa shape index (κ3) is 3.46.